The van der Waals surface area contributed by atoms with Gasteiger partial charge in [-0.3, -0.25) is 43.2 Å². The minimum atomic E-state index is -1.88. The zero-order chi connectivity index (χ0) is 46.1. The number of carbonyl (C=O) groups is 10. The molecule has 0 fully saturated rings. The van der Waals surface area contributed by atoms with Crippen LogP contribution in [-0.2, 0) is 47.9 Å². The summed E-state index contributed by atoms with van der Waals surface area (Å²) in [5, 5.41) is 88.0. The van der Waals surface area contributed by atoms with Crippen LogP contribution in [0.15, 0.2) is 0 Å². The normalized spacial score (nSPS) is 15.4. The van der Waals surface area contributed by atoms with Crippen LogP contribution in [0.2, 0.25) is 0 Å². The number of carboxylic acid groups (broad SMARTS) is 1. The lowest BCUT2D eigenvalue weighted by molar-refractivity contribution is -0.306. The van der Waals surface area contributed by atoms with Crippen molar-refractivity contribution in [1.82, 2.24) is 47.9 Å². The van der Waals surface area contributed by atoms with Gasteiger partial charge in [0.2, 0.25) is 53.2 Å². The summed E-state index contributed by atoms with van der Waals surface area (Å²) in [5.41, 5.74) is 10.6. The summed E-state index contributed by atoms with van der Waals surface area (Å²) in [6, 6.07) is -14.9. The molecule has 0 aliphatic carbocycles. The Labute approximate surface area is 342 Å². The molecule has 0 aromatic rings. The second-order valence-corrected chi connectivity index (χ2v) is 12.9. The Kier molecular flexibility index (Phi) is 26.1. The van der Waals surface area contributed by atoms with E-state index in [2.05, 4.69) is 26.6 Å². The average molecular weight is 867 g/mol. The number of aliphatic hydroxyl groups is 6. The molecular formula is C32H56N11O17-. The van der Waals surface area contributed by atoms with Crippen LogP contribution in [-0.4, -0.2) is 197 Å². The fourth-order valence-corrected chi connectivity index (χ4v) is 4.74. The molecule has 19 N–H and O–H groups in total. The number of aliphatic carboxylic acids is 1. The number of hydrogen-bond donors (Lipinski definition) is 17. The fraction of sp³-hybridized carbons (Fsp3) is 0.688. The number of carboxylic acids is 1. The Hall–Kier alpha value is -5.62. The van der Waals surface area contributed by atoms with Crippen LogP contribution in [0.3, 0.4) is 0 Å². The first kappa shape index (κ1) is 54.4. The molecule has 0 aliphatic rings. The second kappa shape index (κ2) is 28.7. The first-order valence-electron chi connectivity index (χ1n) is 18.2. The van der Waals surface area contributed by atoms with Crippen LogP contribution in [0.4, 0.5) is 0 Å². The lowest BCUT2D eigenvalue weighted by atomic mass is 10.1. The van der Waals surface area contributed by atoms with E-state index in [9.17, 15) is 83.7 Å². The summed E-state index contributed by atoms with van der Waals surface area (Å²) >= 11 is 0. The lowest BCUT2D eigenvalue weighted by Crippen LogP contribution is -2.62. The zero-order valence-electron chi connectivity index (χ0n) is 32.8. The summed E-state index contributed by atoms with van der Waals surface area (Å²) in [7, 11) is 1.29. The van der Waals surface area contributed by atoms with E-state index in [4.69, 9.17) is 11.5 Å². The van der Waals surface area contributed by atoms with Gasteiger partial charge in [0.1, 0.15) is 54.4 Å². The molecule has 0 aromatic carbocycles. The van der Waals surface area contributed by atoms with E-state index in [1.165, 1.54) is 7.05 Å². The van der Waals surface area contributed by atoms with Crippen molar-refractivity contribution in [3.05, 3.63) is 0 Å². The number of primary amides is 1. The van der Waals surface area contributed by atoms with Gasteiger partial charge in [0.05, 0.1) is 39.6 Å². The van der Waals surface area contributed by atoms with Crippen molar-refractivity contribution in [3.8, 4) is 0 Å². The van der Waals surface area contributed by atoms with Crippen LogP contribution in [0.5, 0.6) is 0 Å². The summed E-state index contributed by atoms with van der Waals surface area (Å²) in [4.78, 5) is 125. The Morgan fingerprint density at radius 2 is 0.783 bits per heavy atom. The second-order valence-electron chi connectivity index (χ2n) is 12.9. The molecular weight excluding hydrogens is 810 g/mol. The molecule has 0 aliphatic heterocycles. The van der Waals surface area contributed by atoms with Crippen molar-refractivity contribution < 1.29 is 83.7 Å². The van der Waals surface area contributed by atoms with Crippen molar-refractivity contribution in [3.63, 3.8) is 0 Å². The summed E-state index contributed by atoms with van der Waals surface area (Å²) < 4.78 is 0. The largest absolute Gasteiger partial charge is 0.550 e. The Morgan fingerprint density at radius 1 is 0.467 bits per heavy atom. The monoisotopic (exact) mass is 866 g/mol. The molecule has 28 heteroatoms. The Morgan fingerprint density at radius 3 is 1.15 bits per heavy atom. The highest BCUT2D eigenvalue weighted by atomic mass is 16.4. The number of rotatable bonds is 30. The minimum absolute atomic E-state index is 0.0409. The summed E-state index contributed by atoms with van der Waals surface area (Å²) in [6.45, 7) is -4.72. The highest BCUT2D eigenvalue weighted by Gasteiger charge is 2.33. The van der Waals surface area contributed by atoms with Crippen LogP contribution in [0, 0.1) is 0 Å². The Bertz CT molecular complexity index is 1490. The van der Waals surface area contributed by atoms with Crippen LogP contribution < -0.4 is 64.4 Å². The van der Waals surface area contributed by atoms with E-state index in [1.54, 1.807) is 0 Å². The van der Waals surface area contributed by atoms with Crippen LogP contribution in [0.1, 0.15) is 32.6 Å². The molecule has 60 heavy (non-hydrogen) atoms. The van der Waals surface area contributed by atoms with Gasteiger partial charge < -0.3 is 99.9 Å². The molecule has 0 heterocycles. The number of hydrogen-bond acceptors (Lipinski definition) is 19. The zero-order valence-corrected chi connectivity index (χ0v) is 32.8. The number of likely N-dealkylation sites (N-methyl/N-ethyl adjacent to an activating group) is 1. The van der Waals surface area contributed by atoms with Crippen molar-refractivity contribution in [2.75, 3.05) is 53.2 Å². The maximum atomic E-state index is 13.0. The number of nitrogens with one attached hydrogen (secondary N) is 9. The molecule has 0 saturated carbocycles. The van der Waals surface area contributed by atoms with Gasteiger partial charge >= 0.3 is 0 Å². The third-order valence-corrected chi connectivity index (χ3v) is 8.29. The van der Waals surface area contributed by atoms with Gasteiger partial charge in [0.25, 0.3) is 0 Å². The summed E-state index contributed by atoms with van der Waals surface area (Å²) in [5.74, 6) is -12.1. The van der Waals surface area contributed by atoms with E-state index in [0.717, 1.165) is 6.92 Å². The van der Waals surface area contributed by atoms with E-state index < -0.39 is 160 Å². The van der Waals surface area contributed by atoms with Crippen LogP contribution >= 0.6 is 0 Å². The standard InChI is InChI=1S/C32H57N11O17/c1-14(36-29(57)19(10-46)41-27(55)16(7-23(50)51)38-28(56)18(9-45)35-2)25(53)40-20(11-47)31(59)43-22(13-49)32(60)42-21(12-48)30(58)37-15(5-3-4-6-33)26(54)39-17(8-44)24(34)52/h14-22,35,44-49H,3-13,33H2,1-2H3,(H2,34,52)(H,36,57)(H,37,58)(H,38,56)(H,39,54)(H,40,53)(H,41,55)(H,42,60)(H,43,59)(H,50,51)/p-1/t14-,15-,16-,17?,18?,19?,20?,21?,22-/m0/s1. The molecule has 0 bridgehead atoms. The smallest absolute Gasteiger partial charge is 0.245 e. The third-order valence-electron chi connectivity index (χ3n) is 8.29. The van der Waals surface area contributed by atoms with Gasteiger partial charge in [-0.25, -0.2) is 0 Å². The number of carbonyl (C=O) groups excluding carboxylic acids is 10. The van der Waals surface area contributed by atoms with Crippen molar-refractivity contribution in [1.29, 1.82) is 0 Å². The average Bonchev–Trinajstić information content (AvgIpc) is 3.20. The molecule has 0 rings (SSSR count). The number of nitrogens with two attached hydrogens (primary N) is 2. The van der Waals surface area contributed by atoms with E-state index in [0.29, 0.717) is 12.8 Å². The Balaban J connectivity index is 5.63. The summed E-state index contributed by atoms with van der Waals surface area (Å²) in [6.07, 6.45) is -0.417. The predicted molar refractivity (Wildman–Crippen MR) is 198 cm³/mol. The predicted octanol–water partition coefficient (Wildman–Crippen LogP) is -12.8. The molecule has 0 spiro atoms. The first-order valence-corrected chi connectivity index (χ1v) is 18.2. The number of unbranched alkanes of at least 4 members (excludes halogenated alkanes) is 1. The van der Waals surface area contributed by atoms with E-state index in [1.807, 2.05) is 21.3 Å². The highest BCUT2D eigenvalue weighted by molar-refractivity contribution is 5.98. The van der Waals surface area contributed by atoms with Gasteiger partial charge in [-0.15, -0.1) is 0 Å². The van der Waals surface area contributed by atoms with Crippen molar-refractivity contribution in [2.24, 2.45) is 11.5 Å². The molecule has 0 aromatic heterocycles. The van der Waals surface area contributed by atoms with Crippen molar-refractivity contribution in [2.45, 2.75) is 87.0 Å². The molecule has 5 unspecified atom stereocenters. The molecule has 342 valence electrons. The molecule has 9 atom stereocenters. The van der Waals surface area contributed by atoms with Crippen LogP contribution in [0.25, 0.3) is 0 Å². The lowest BCUT2D eigenvalue weighted by Gasteiger charge is -2.26. The first-order chi connectivity index (χ1) is 28.3. The highest BCUT2D eigenvalue weighted by Crippen LogP contribution is 2.04. The van der Waals surface area contributed by atoms with Gasteiger partial charge in [0, 0.05) is 12.4 Å². The minimum Gasteiger partial charge on any atom is -0.550 e. The molecule has 28 nitrogen and oxygen atoms in total. The molecule has 9 amide bonds. The quantitative estimate of drug-likeness (QED) is 0.0298. The fourth-order valence-electron chi connectivity index (χ4n) is 4.74. The molecule has 0 saturated heterocycles. The SMILES string of the molecule is CNC(CO)C(=O)N[C@@H](CC(=O)[O-])C(=O)NC(CO)C(=O)N[C@@H](C)C(=O)NC(CO)C(=O)N[C@@H](CO)C(=O)NC(CO)C(=O)N[C@@H](CCCCN)C(=O)NC(CO)C(N)=O. The van der Waals surface area contributed by atoms with Gasteiger partial charge in [-0.1, -0.05) is 0 Å². The van der Waals surface area contributed by atoms with Gasteiger partial charge in [0.15, 0.2) is 0 Å². The van der Waals surface area contributed by atoms with Gasteiger partial charge in [-0.2, -0.15) is 0 Å². The van der Waals surface area contributed by atoms with Crippen molar-refractivity contribution >= 4 is 59.1 Å². The number of amides is 9. The maximum absolute atomic E-state index is 13.0. The van der Waals surface area contributed by atoms with Gasteiger partial charge in [-0.05, 0) is 39.8 Å². The van der Waals surface area contributed by atoms with E-state index >= 15 is 0 Å². The number of aliphatic hydroxyl groups excluding tert-OH is 6. The third kappa shape index (κ3) is 19.0. The maximum Gasteiger partial charge on any atom is 0.245 e. The molecule has 0 radical (unpaired) electrons. The topological polar surface area (TPSA) is 475 Å². The van der Waals surface area contributed by atoms with E-state index in [-0.39, 0.29) is 13.0 Å².